The van der Waals surface area contributed by atoms with Gasteiger partial charge in [0, 0.05) is 17.6 Å². The molecule has 116 valence electrons. The van der Waals surface area contributed by atoms with Gasteiger partial charge in [-0.25, -0.2) is 8.42 Å². The molecule has 7 heteroatoms. The van der Waals surface area contributed by atoms with Crippen LogP contribution in [0.1, 0.15) is 12.5 Å². The van der Waals surface area contributed by atoms with Crippen LogP contribution in [0.4, 0.5) is 5.69 Å². The van der Waals surface area contributed by atoms with Crippen molar-refractivity contribution in [2.45, 2.75) is 18.7 Å². The van der Waals surface area contributed by atoms with Crippen molar-refractivity contribution >= 4 is 33.3 Å². The predicted octanol–water partition coefficient (Wildman–Crippen LogP) is 3.37. The molecule has 0 spiro atoms. The molecule has 1 N–H and O–H groups in total. The second kappa shape index (κ2) is 6.37. The van der Waals surface area contributed by atoms with Crippen LogP contribution in [-0.2, 0) is 14.8 Å². The number of ether oxygens (including phenoxy) is 1. The summed E-state index contributed by atoms with van der Waals surface area (Å²) in [5.74, 6) is -0.0421. The van der Waals surface area contributed by atoms with Crippen LogP contribution in [-0.4, -0.2) is 14.4 Å². The van der Waals surface area contributed by atoms with E-state index in [1.54, 1.807) is 13.0 Å². The van der Waals surface area contributed by atoms with Crippen LogP contribution in [0.15, 0.2) is 47.4 Å². The number of hydrogen-bond acceptors (Lipinski definition) is 4. The lowest BCUT2D eigenvalue weighted by Gasteiger charge is -2.11. The van der Waals surface area contributed by atoms with E-state index in [9.17, 15) is 13.2 Å². The highest BCUT2D eigenvalue weighted by Gasteiger charge is 2.14. The number of rotatable bonds is 4. The minimum atomic E-state index is -3.70. The summed E-state index contributed by atoms with van der Waals surface area (Å²) in [6.45, 7) is 3.02. The second-order valence-electron chi connectivity index (χ2n) is 4.63. The summed E-state index contributed by atoms with van der Waals surface area (Å²) in [6, 6.07) is 10.5. The zero-order valence-corrected chi connectivity index (χ0v) is 13.5. The van der Waals surface area contributed by atoms with Crippen LogP contribution in [0.5, 0.6) is 5.75 Å². The van der Waals surface area contributed by atoms with Gasteiger partial charge in [0.05, 0.1) is 4.90 Å². The van der Waals surface area contributed by atoms with E-state index in [1.807, 2.05) is 0 Å². The van der Waals surface area contributed by atoms with E-state index in [-0.39, 0.29) is 4.90 Å². The molecule has 0 radical (unpaired) electrons. The lowest BCUT2D eigenvalue weighted by Crippen LogP contribution is -2.13. The number of anilines is 1. The van der Waals surface area contributed by atoms with Gasteiger partial charge >= 0.3 is 5.97 Å². The normalized spacial score (nSPS) is 11.0. The molecule has 0 aliphatic heterocycles. The maximum atomic E-state index is 12.2. The molecule has 0 fully saturated rings. The largest absolute Gasteiger partial charge is 0.426 e. The Hall–Kier alpha value is -2.05. The van der Waals surface area contributed by atoms with Crippen molar-refractivity contribution in [2.75, 3.05) is 4.72 Å². The fourth-order valence-electron chi connectivity index (χ4n) is 1.81. The summed E-state index contributed by atoms with van der Waals surface area (Å²) in [5, 5.41) is 0.459. The van der Waals surface area contributed by atoms with Crippen LogP contribution in [0.3, 0.4) is 0 Å². The molecule has 0 aliphatic rings. The van der Waals surface area contributed by atoms with Gasteiger partial charge in [0.2, 0.25) is 0 Å². The molecular formula is C15H14ClNO4S. The molecule has 0 aromatic heterocycles. The first-order chi connectivity index (χ1) is 10.3. The molecule has 0 saturated heterocycles. The van der Waals surface area contributed by atoms with Crippen molar-refractivity contribution in [1.29, 1.82) is 0 Å². The summed E-state index contributed by atoms with van der Waals surface area (Å²) in [6.07, 6.45) is 0. The van der Waals surface area contributed by atoms with Crippen molar-refractivity contribution in [1.82, 2.24) is 0 Å². The van der Waals surface area contributed by atoms with E-state index in [0.717, 1.165) is 0 Å². The first-order valence-electron chi connectivity index (χ1n) is 6.35. The molecule has 2 aromatic carbocycles. The summed E-state index contributed by atoms with van der Waals surface area (Å²) < 4.78 is 32.0. The number of halogens is 1. The van der Waals surface area contributed by atoms with E-state index in [2.05, 4.69) is 4.72 Å². The number of benzene rings is 2. The molecule has 0 bridgehead atoms. The average Bonchev–Trinajstić information content (AvgIpc) is 2.41. The Morgan fingerprint density at radius 1 is 1.14 bits per heavy atom. The fraction of sp³-hybridized carbons (Fsp3) is 0.133. The lowest BCUT2D eigenvalue weighted by atomic mass is 10.2. The zero-order chi connectivity index (χ0) is 16.3. The maximum Gasteiger partial charge on any atom is 0.308 e. The molecule has 0 heterocycles. The highest BCUT2D eigenvalue weighted by Crippen LogP contribution is 2.24. The molecule has 0 amide bonds. The molecule has 0 saturated carbocycles. The number of esters is 1. The standard InChI is InChI=1S/C15H14ClNO4S/c1-10-9-13(5-8-15(10)21-11(2)18)17-22(19,20)14-6-3-12(16)4-7-14/h3-9,17H,1-2H3. The third-order valence-corrected chi connectivity index (χ3v) is 4.45. The zero-order valence-electron chi connectivity index (χ0n) is 12.0. The fourth-order valence-corrected chi connectivity index (χ4v) is 2.99. The monoisotopic (exact) mass is 339 g/mol. The Kier molecular flexibility index (Phi) is 4.73. The molecular weight excluding hydrogens is 326 g/mol. The van der Waals surface area contributed by atoms with Crippen molar-refractivity contribution in [3.8, 4) is 5.75 Å². The first-order valence-corrected chi connectivity index (χ1v) is 8.21. The van der Waals surface area contributed by atoms with Crippen molar-refractivity contribution in [3.05, 3.63) is 53.1 Å². The maximum absolute atomic E-state index is 12.2. The Bertz CT molecular complexity index is 801. The Morgan fingerprint density at radius 3 is 2.32 bits per heavy atom. The van der Waals surface area contributed by atoms with Gasteiger partial charge in [-0.1, -0.05) is 11.6 Å². The third-order valence-electron chi connectivity index (χ3n) is 2.80. The van der Waals surface area contributed by atoms with E-state index in [4.69, 9.17) is 16.3 Å². The smallest absolute Gasteiger partial charge is 0.308 e. The molecule has 0 aliphatic carbocycles. The average molecular weight is 340 g/mol. The lowest BCUT2D eigenvalue weighted by molar-refractivity contribution is -0.131. The summed E-state index contributed by atoms with van der Waals surface area (Å²) >= 11 is 5.74. The number of carbonyl (C=O) groups is 1. The minimum absolute atomic E-state index is 0.110. The third kappa shape index (κ3) is 3.99. The van der Waals surface area contributed by atoms with Crippen LogP contribution in [0.25, 0.3) is 0 Å². The van der Waals surface area contributed by atoms with Crippen molar-refractivity contribution in [2.24, 2.45) is 0 Å². The summed E-state index contributed by atoms with van der Waals surface area (Å²) in [5.41, 5.74) is 1.02. The van der Waals surface area contributed by atoms with Gasteiger partial charge in [-0.3, -0.25) is 9.52 Å². The summed E-state index contributed by atoms with van der Waals surface area (Å²) in [7, 11) is -3.70. The van der Waals surface area contributed by atoms with Gasteiger partial charge in [0.1, 0.15) is 5.75 Å². The molecule has 22 heavy (non-hydrogen) atoms. The number of aryl methyl sites for hydroxylation is 1. The molecule has 2 aromatic rings. The topological polar surface area (TPSA) is 72.5 Å². The second-order valence-corrected chi connectivity index (χ2v) is 6.75. The van der Waals surface area contributed by atoms with Gasteiger partial charge < -0.3 is 4.74 Å². The van der Waals surface area contributed by atoms with Gasteiger partial charge in [0.15, 0.2) is 0 Å². The Balaban J connectivity index is 2.24. The Labute approximate surface area is 133 Å². The minimum Gasteiger partial charge on any atom is -0.426 e. The van der Waals surface area contributed by atoms with E-state index < -0.39 is 16.0 Å². The van der Waals surface area contributed by atoms with Crippen molar-refractivity contribution < 1.29 is 17.9 Å². The quantitative estimate of drug-likeness (QED) is 0.684. The SMILES string of the molecule is CC(=O)Oc1ccc(NS(=O)(=O)c2ccc(Cl)cc2)cc1C. The molecule has 5 nitrogen and oxygen atoms in total. The number of nitrogens with one attached hydrogen (secondary N) is 1. The summed E-state index contributed by atoms with van der Waals surface area (Å²) in [4.78, 5) is 11.1. The van der Waals surface area contributed by atoms with E-state index >= 15 is 0 Å². The highest BCUT2D eigenvalue weighted by molar-refractivity contribution is 7.92. The van der Waals surface area contributed by atoms with Crippen molar-refractivity contribution in [3.63, 3.8) is 0 Å². The number of carbonyl (C=O) groups excluding carboxylic acids is 1. The first kappa shape index (κ1) is 16.3. The van der Waals surface area contributed by atoms with Gasteiger partial charge in [-0.2, -0.15) is 0 Å². The van der Waals surface area contributed by atoms with Gasteiger partial charge in [0.25, 0.3) is 10.0 Å². The van der Waals surface area contributed by atoms with Crippen LogP contribution in [0.2, 0.25) is 5.02 Å². The van der Waals surface area contributed by atoms with Crippen LogP contribution in [0, 0.1) is 6.92 Å². The predicted molar refractivity (Wildman–Crippen MR) is 84.7 cm³/mol. The van der Waals surface area contributed by atoms with Gasteiger partial charge in [-0.05, 0) is 55.0 Å². The molecule has 0 atom stereocenters. The van der Waals surface area contributed by atoms with Crippen LogP contribution >= 0.6 is 11.6 Å². The van der Waals surface area contributed by atoms with E-state index in [1.165, 1.54) is 43.3 Å². The van der Waals surface area contributed by atoms with Gasteiger partial charge in [-0.15, -0.1) is 0 Å². The van der Waals surface area contributed by atoms with E-state index in [0.29, 0.717) is 22.0 Å². The highest BCUT2D eigenvalue weighted by atomic mass is 35.5. The number of sulfonamides is 1. The van der Waals surface area contributed by atoms with Crippen LogP contribution < -0.4 is 9.46 Å². The molecule has 0 unspecified atom stereocenters. The molecule has 2 rings (SSSR count). The Morgan fingerprint density at radius 2 is 1.77 bits per heavy atom. The number of hydrogen-bond donors (Lipinski definition) is 1.